The van der Waals surface area contributed by atoms with Crippen LogP contribution in [0.3, 0.4) is 0 Å². The molecular formula is C14H29NO2. The van der Waals surface area contributed by atoms with Gasteiger partial charge in [0, 0.05) is 6.04 Å². The molecule has 3 heteroatoms. The summed E-state index contributed by atoms with van der Waals surface area (Å²) in [4.78, 5) is 0. The van der Waals surface area contributed by atoms with Crippen LogP contribution in [0, 0.1) is 5.92 Å². The molecule has 3 nitrogen and oxygen atoms in total. The molecule has 1 aliphatic rings. The van der Waals surface area contributed by atoms with Crippen LogP contribution < -0.4 is 5.32 Å². The molecule has 17 heavy (non-hydrogen) atoms. The van der Waals surface area contributed by atoms with Crippen molar-refractivity contribution in [2.45, 2.75) is 71.8 Å². The third-order valence-corrected chi connectivity index (χ3v) is 3.20. The van der Waals surface area contributed by atoms with Gasteiger partial charge in [-0.1, -0.05) is 26.7 Å². The smallest absolute Gasteiger partial charge is 0.162 e. The summed E-state index contributed by atoms with van der Waals surface area (Å²) >= 11 is 0. The Balaban J connectivity index is 2.13. The number of rotatable bonds is 6. The zero-order valence-corrected chi connectivity index (χ0v) is 12.1. The average molecular weight is 243 g/mol. The van der Waals surface area contributed by atoms with E-state index in [0.717, 1.165) is 19.1 Å². The molecule has 1 atom stereocenters. The molecule has 1 rings (SSSR count). The molecule has 0 amide bonds. The first-order chi connectivity index (χ1) is 7.89. The van der Waals surface area contributed by atoms with Gasteiger partial charge in [-0.05, 0) is 33.1 Å². The maximum atomic E-state index is 5.64. The number of ether oxygens (including phenoxy) is 2. The largest absolute Gasteiger partial charge is 0.349 e. The first-order valence-corrected chi connectivity index (χ1v) is 6.93. The summed E-state index contributed by atoms with van der Waals surface area (Å²) in [5.74, 6) is 0.406. The highest BCUT2D eigenvalue weighted by atomic mass is 16.7. The van der Waals surface area contributed by atoms with E-state index in [-0.39, 0.29) is 0 Å². The molecule has 1 fully saturated rings. The van der Waals surface area contributed by atoms with Crippen molar-refractivity contribution in [3.05, 3.63) is 0 Å². The van der Waals surface area contributed by atoms with Crippen molar-refractivity contribution in [1.82, 2.24) is 5.32 Å². The molecule has 1 aliphatic heterocycles. The minimum absolute atomic E-state index is 0.345. The van der Waals surface area contributed by atoms with Crippen LogP contribution in [-0.2, 0) is 9.47 Å². The molecule has 0 bridgehead atoms. The van der Waals surface area contributed by atoms with Crippen molar-refractivity contribution in [2.24, 2.45) is 5.92 Å². The first-order valence-electron chi connectivity index (χ1n) is 6.93. The second-order valence-electron chi connectivity index (χ2n) is 6.11. The normalized spacial score (nSPS) is 22.9. The van der Waals surface area contributed by atoms with Crippen molar-refractivity contribution >= 4 is 0 Å². The molecule has 1 heterocycles. The molecule has 102 valence electrons. The molecule has 1 unspecified atom stereocenters. The van der Waals surface area contributed by atoms with Crippen molar-refractivity contribution in [1.29, 1.82) is 0 Å². The van der Waals surface area contributed by atoms with Crippen molar-refractivity contribution in [2.75, 3.05) is 13.2 Å². The Morgan fingerprint density at radius 1 is 1.12 bits per heavy atom. The average Bonchev–Trinajstić information content (AvgIpc) is 2.21. The molecule has 0 aromatic carbocycles. The standard InChI is InChI=1S/C14H29NO2/c1-11(2)7-6-8-12(3)15-13-9-16-14(4,5)17-10-13/h11-13,15H,6-10H2,1-5H3. The van der Waals surface area contributed by atoms with Gasteiger partial charge in [0.05, 0.1) is 19.3 Å². The lowest BCUT2D eigenvalue weighted by Crippen LogP contribution is -2.50. The number of nitrogens with one attached hydrogen (secondary N) is 1. The van der Waals surface area contributed by atoms with E-state index in [4.69, 9.17) is 9.47 Å². The van der Waals surface area contributed by atoms with E-state index >= 15 is 0 Å². The van der Waals surface area contributed by atoms with Crippen LogP contribution in [0.1, 0.15) is 53.9 Å². The van der Waals surface area contributed by atoms with E-state index in [1.807, 2.05) is 13.8 Å². The Morgan fingerprint density at radius 3 is 2.24 bits per heavy atom. The fraction of sp³-hybridized carbons (Fsp3) is 1.00. The van der Waals surface area contributed by atoms with Crippen LogP contribution in [-0.4, -0.2) is 31.1 Å². The first kappa shape index (κ1) is 14.9. The summed E-state index contributed by atoms with van der Waals surface area (Å²) < 4.78 is 11.3. The van der Waals surface area contributed by atoms with Crippen LogP contribution in [0.25, 0.3) is 0 Å². The van der Waals surface area contributed by atoms with E-state index in [2.05, 4.69) is 26.1 Å². The zero-order valence-electron chi connectivity index (χ0n) is 12.1. The van der Waals surface area contributed by atoms with Crippen LogP contribution >= 0.6 is 0 Å². The Kier molecular flexibility index (Phi) is 5.90. The van der Waals surface area contributed by atoms with Gasteiger partial charge in [0.2, 0.25) is 0 Å². The lowest BCUT2D eigenvalue weighted by atomic mass is 10.0. The summed E-state index contributed by atoms with van der Waals surface area (Å²) in [7, 11) is 0. The quantitative estimate of drug-likeness (QED) is 0.778. The van der Waals surface area contributed by atoms with Crippen molar-refractivity contribution in [3.63, 3.8) is 0 Å². The lowest BCUT2D eigenvalue weighted by Gasteiger charge is -2.36. The van der Waals surface area contributed by atoms with Gasteiger partial charge in [-0.15, -0.1) is 0 Å². The highest BCUT2D eigenvalue weighted by Gasteiger charge is 2.28. The van der Waals surface area contributed by atoms with Gasteiger partial charge in [-0.3, -0.25) is 0 Å². The third kappa shape index (κ3) is 6.39. The fourth-order valence-corrected chi connectivity index (χ4v) is 2.11. The number of hydrogen-bond donors (Lipinski definition) is 1. The van der Waals surface area contributed by atoms with Crippen LogP contribution in [0.2, 0.25) is 0 Å². The van der Waals surface area contributed by atoms with Crippen LogP contribution in [0.5, 0.6) is 0 Å². The lowest BCUT2D eigenvalue weighted by molar-refractivity contribution is -0.253. The Labute approximate surface area is 106 Å². The van der Waals surface area contributed by atoms with E-state index in [1.54, 1.807) is 0 Å². The Hall–Kier alpha value is -0.120. The predicted octanol–water partition coefficient (Wildman–Crippen LogP) is 2.94. The van der Waals surface area contributed by atoms with Crippen molar-refractivity contribution in [3.8, 4) is 0 Å². The molecule has 1 N–H and O–H groups in total. The summed E-state index contributed by atoms with van der Waals surface area (Å²) in [6.07, 6.45) is 3.85. The molecule has 0 aromatic heterocycles. The van der Waals surface area contributed by atoms with Gasteiger partial charge >= 0.3 is 0 Å². The minimum atomic E-state index is -0.404. The van der Waals surface area contributed by atoms with Crippen LogP contribution in [0.4, 0.5) is 0 Å². The SMILES string of the molecule is CC(C)CCCC(C)NC1COC(C)(C)OC1. The van der Waals surface area contributed by atoms with Gasteiger partial charge in [0.1, 0.15) is 0 Å². The summed E-state index contributed by atoms with van der Waals surface area (Å²) in [5.41, 5.74) is 0. The molecule has 0 aliphatic carbocycles. The van der Waals surface area contributed by atoms with Gasteiger partial charge < -0.3 is 14.8 Å². The highest BCUT2D eigenvalue weighted by Crippen LogP contribution is 2.17. The fourth-order valence-electron chi connectivity index (χ4n) is 2.11. The van der Waals surface area contributed by atoms with E-state index in [1.165, 1.54) is 19.3 Å². The van der Waals surface area contributed by atoms with E-state index < -0.39 is 5.79 Å². The summed E-state index contributed by atoms with van der Waals surface area (Å²) in [6, 6.07) is 0.893. The Morgan fingerprint density at radius 2 is 1.71 bits per heavy atom. The molecule has 0 aromatic rings. The van der Waals surface area contributed by atoms with Crippen LogP contribution in [0.15, 0.2) is 0 Å². The van der Waals surface area contributed by atoms with Gasteiger partial charge in [0.25, 0.3) is 0 Å². The van der Waals surface area contributed by atoms with Gasteiger partial charge in [-0.2, -0.15) is 0 Å². The second kappa shape index (κ2) is 6.72. The maximum absolute atomic E-state index is 5.64. The second-order valence-corrected chi connectivity index (χ2v) is 6.11. The number of hydrogen-bond acceptors (Lipinski definition) is 3. The molecular weight excluding hydrogens is 214 g/mol. The maximum Gasteiger partial charge on any atom is 0.162 e. The summed E-state index contributed by atoms with van der Waals surface area (Å²) in [6.45, 7) is 12.2. The summed E-state index contributed by atoms with van der Waals surface area (Å²) in [5, 5.41) is 3.58. The topological polar surface area (TPSA) is 30.5 Å². The van der Waals surface area contributed by atoms with Gasteiger partial charge in [-0.25, -0.2) is 0 Å². The van der Waals surface area contributed by atoms with Gasteiger partial charge in [0.15, 0.2) is 5.79 Å². The molecule has 0 spiro atoms. The monoisotopic (exact) mass is 243 g/mol. The highest BCUT2D eigenvalue weighted by molar-refractivity contribution is 4.76. The third-order valence-electron chi connectivity index (χ3n) is 3.20. The van der Waals surface area contributed by atoms with E-state index in [9.17, 15) is 0 Å². The molecule has 0 radical (unpaired) electrons. The predicted molar refractivity (Wildman–Crippen MR) is 71.1 cm³/mol. The molecule has 1 saturated heterocycles. The van der Waals surface area contributed by atoms with E-state index in [0.29, 0.717) is 12.1 Å². The van der Waals surface area contributed by atoms with Crippen molar-refractivity contribution < 1.29 is 9.47 Å². The molecule has 0 saturated carbocycles. The Bertz CT molecular complexity index is 206. The zero-order chi connectivity index (χ0) is 12.9. The minimum Gasteiger partial charge on any atom is -0.349 e.